The summed E-state index contributed by atoms with van der Waals surface area (Å²) in [5.74, 6) is 0.179. The first-order chi connectivity index (χ1) is 16.8. The van der Waals surface area contributed by atoms with Gasteiger partial charge in [0.05, 0.1) is 29.3 Å². The van der Waals surface area contributed by atoms with Crippen LogP contribution in [0.5, 0.6) is 0 Å². The summed E-state index contributed by atoms with van der Waals surface area (Å²) in [5.41, 5.74) is 3.70. The molecule has 0 radical (unpaired) electrons. The van der Waals surface area contributed by atoms with E-state index in [1.807, 2.05) is 12.1 Å². The largest absolute Gasteiger partial charge is 0.378 e. The summed E-state index contributed by atoms with van der Waals surface area (Å²) < 4.78 is 32.0. The van der Waals surface area contributed by atoms with Gasteiger partial charge in [-0.3, -0.25) is 14.3 Å². The van der Waals surface area contributed by atoms with Gasteiger partial charge in [-0.2, -0.15) is 0 Å². The molecule has 5 rings (SSSR count). The third-order valence-electron chi connectivity index (χ3n) is 6.10. The second kappa shape index (κ2) is 9.20. The molecule has 10 heteroatoms. The zero-order valence-electron chi connectivity index (χ0n) is 19.5. The lowest BCUT2D eigenvalue weighted by Gasteiger charge is -2.26. The average molecular weight is 492 g/mol. The Bertz CT molecular complexity index is 1510. The summed E-state index contributed by atoms with van der Waals surface area (Å²) in [4.78, 5) is 28.3. The Balaban J connectivity index is 1.58. The summed E-state index contributed by atoms with van der Waals surface area (Å²) in [6.45, 7) is 4.11. The molecule has 1 aliphatic heterocycles. The van der Waals surface area contributed by atoms with Crippen molar-refractivity contribution in [3.8, 4) is 17.2 Å². The van der Waals surface area contributed by atoms with Crippen LogP contribution >= 0.6 is 0 Å². The van der Waals surface area contributed by atoms with Gasteiger partial charge in [-0.05, 0) is 36.2 Å². The van der Waals surface area contributed by atoms with E-state index >= 15 is 0 Å². The Morgan fingerprint density at radius 3 is 2.49 bits per heavy atom. The monoisotopic (exact) mass is 491 g/mol. The summed E-state index contributed by atoms with van der Waals surface area (Å²) in [6.07, 6.45) is 8.65. The van der Waals surface area contributed by atoms with Crippen LogP contribution in [0.2, 0.25) is 0 Å². The Morgan fingerprint density at radius 1 is 1.06 bits per heavy atom. The second-order valence-corrected chi connectivity index (χ2v) is 10.4. The first-order valence-electron chi connectivity index (χ1n) is 11.3. The summed E-state index contributed by atoms with van der Waals surface area (Å²) in [5, 5.41) is 0.510. The zero-order valence-corrected chi connectivity index (χ0v) is 20.3. The zero-order chi connectivity index (χ0) is 24.6. The molecule has 180 valence electrons. The van der Waals surface area contributed by atoms with Crippen molar-refractivity contribution in [3.05, 3.63) is 66.2 Å². The smallest absolute Gasteiger partial charge is 0.254 e. The van der Waals surface area contributed by atoms with Crippen LogP contribution in [0.15, 0.2) is 60.0 Å². The number of aryl methyl sites for hydroxylation is 1. The number of carbonyl (C=O) groups excluding carboxylic acids is 1. The number of ether oxygens (including phenoxy) is 1. The van der Waals surface area contributed by atoms with Crippen LogP contribution < -0.4 is 0 Å². The number of rotatable bonds is 5. The van der Waals surface area contributed by atoms with Crippen molar-refractivity contribution in [1.82, 2.24) is 24.4 Å². The topological polar surface area (TPSA) is 107 Å². The molecule has 4 aromatic rings. The van der Waals surface area contributed by atoms with Crippen LogP contribution in [0.4, 0.5) is 0 Å². The number of hydrogen-bond acceptors (Lipinski definition) is 7. The van der Waals surface area contributed by atoms with Crippen LogP contribution in [0.3, 0.4) is 0 Å². The van der Waals surface area contributed by atoms with Crippen LogP contribution in [0.25, 0.3) is 28.1 Å². The fourth-order valence-electron chi connectivity index (χ4n) is 4.17. The van der Waals surface area contributed by atoms with Gasteiger partial charge in [-0.15, -0.1) is 0 Å². The van der Waals surface area contributed by atoms with Crippen LogP contribution in [-0.2, 0) is 21.0 Å². The van der Waals surface area contributed by atoms with Crippen LogP contribution in [0, 0.1) is 0 Å². The number of amides is 1. The fraction of sp³-hybridized carbons (Fsp3) is 0.280. The van der Waals surface area contributed by atoms with Gasteiger partial charge >= 0.3 is 0 Å². The molecule has 0 N–H and O–H groups in total. The second-order valence-electron chi connectivity index (χ2n) is 8.45. The average Bonchev–Trinajstić information content (AvgIpc) is 3.28. The van der Waals surface area contributed by atoms with Crippen molar-refractivity contribution >= 4 is 26.6 Å². The highest BCUT2D eigenvalue weighted by molar-refractivity contribution is 7.91. The highest BCUT2D eigenvalue weighted by atomic mass is 32.2. The SMILES string of the molecule is CCc1ccnc(-c2cnc(-n3cc(S(C)(=O)=O)c4ccc(C(=O)N5CCOCC5)cc43)nc2)c1. The third kappa shape index (κ3) is 4.54. The Morgan fingerprint density at radius 2 is 1.80 bits per heavy atom. The maximum atomic E-state index is 13.1. The lowest BCUT2D eigenvalue weighted by atomic mass is 10.1. The van der Waals surface area contributed by atoms with Gasteiger partial charge in [0.1, 0.15) is 0 Å². The number of fused-ring (bicyclic) bond motifs is 1. The molecular formula is C25H25N5O4S. The number of benzene rings is 1. The number of morpholine rings is 1. The molecule has 1 aliphatic rings. The summed E-state index contributed by atoms with van der Waals surface area (Å²) in [7, 11) is -3.53. The van der Waals surface area contributed by atoms with Gasteiger partial charge in [-0.25, -0.2) is 18.4 Å². The van der Waals surface area contributed by atoms with Gasteiger partial charge in [0.2, 0.25) is 5.95 Å². The standard InChI is InChI=1S/C25H25N5O4S/c1-3-17-6-7-26-21(12-17)19-14-27-25(28-15-19)30-16-23(35(2,32)33)20-5-4-18(13-22(20)30)24(31)29-8-10-34-11-9-29/h4-7,12-16H,3,8-11H2,1-2H3. The van der Waals surface area contributed by atoms with E-state index in [2.05, 4.69) is 21.9 Å². The minimum Gasteiger partial charge on any atom is -0.378 e. The Kier molecular flexibility index (Phi) is 6.08. The molecule has 1 amide bonds. The summed E-state index contributed by atoms with van der Waals surface area (Å²) in [6, 6.07) is 8.99. The summed E-state index contributed by atoms with van der Waals surface area (Å²) >= 11 is 0. The van der Waals surface area contributed by atoms with Gasteiger partial charge in [0, 0.05) is 60.6 Å². The molecule has 1 saturated heterocycles. The first kappa shape index (κ1) is 23.1. The molecule has 9 nitrogen and oxygen atoms in total. The van der Waals surface area contributed by atoms with E-state index in [0.29, 0.717) is 48.7 Å². The van der Waals surface area contributed by atoms with Gasteiger partial charge in [0.15, 0.2) is 9.84 Å². The Hall–Kier alpha value is -3.63. The molecule has 3 aromatic heterocycles. The van der Waals surface area contributed by atoms with E-state index in [4.69, 9.17) is 4.74 Å². The first-order valence-corrected chi connectivity index (χ1v) is 13.2. The molecule has 35 heavy (non-hydrogen) atoms. The quantitative estimate of drug-likeness (QED) is 0.422. The molecular weight excluding hydrogens is 466 g/mol. The van der Waals surface area contributed by atoms with E-state index in [-0.39, 0.29) is 10.8 Å². The van der Waals surface area contributed by atoms with E-state index in [0.717, 1.165) is 29.5 Å². The molecule has 0 spiro atoms. The van der Waals surface area contributed by atoms with Gasteiger partial charge < -0.3 is 9.64 Å². The number of hydrogen-bond donors (Lipinski definition) is 0. The van der Waals surface area contributed by atoms with Crippen molar-refractivity contribution in [2.45, 2.75) is 18.2 Å². The number of sulfone groups is 1. The van der Waals surface area contributed by atoms with Crippen molar-refractivity contribution in [2.75, 3.05) is 32.6 Å². The predicted octanol–water partition coefficient (Wildman–Crippen LogP) is 2.92. The molecule has 1 fully saturated rings. The Labute approximate surface area is 203 Å². The third-order valence-corrected chi connectivity index (χ3v) is 7.22. The minimum atomic E-state index is -3.53. The van der Waals surface area contributed by atoms with Gasteiger partial charge in [-0.1, -0.05) is 13.0 Å². The van der Waals surface area contributed by atoms with Crippen LogP contribution in [-0.4, -0.2) is 71.3 Å². The van der Waals surface area contributed by atoms with Crippen molar-refractivity contribution in [3.63, 3.8) is 0 Å². The molecule has 4 heterocycles. The number of pyridine rings is 1. The predicted molar refractivity (Wildman–Crippen MR) is 131 cm³/mol. The molecule has 0 bridgehead atoms. The maximum Gasteiger partial charge on any atom is 0.254 e. The molecule has 1 aromatic carbocycles. The lowest BCUT2D eigenvalue weighted by Crippen LogP contribution is -2.40. The molecule has 0 unspecified atom stereocenters. The molecule has 0 saturated carbocycles. The molecule has 0 atom stereocenters. The molecule has 0 aliphatic carbocycles. The van der Waals surface area contributed by atoms with E-state index in [1.165, 1.54) is 6.20 Å². The van der Waals surface area contributed by atoms with E-state index < -0.39 is 9.84 Å². The normalized spacial score (nSPS) is 14.4. The fourth-order valence-corrected chi connectivity index (χ4v) is 5.04. The minimum absolute atomic E-state index is 0.123. The lowest BCUT2D eigenvalue weighted by molar-refractivity contribution is 0.0303. The van der Waals surface area contributed by atoms with Gasteiger partial charge in [0.25, 0.3) is 5.91 Å². The van der Waals surface area contributed by atoms with Crippen molar-refractivity contribution in [2.24, 2.45) is 0 Å². The highest BCUT2D eigenvalue weighted by Gasteiger charge is 2.23. The van der Waals surface area contributed by atoms with Crippen molar-refractivity contribution < 1.29 is 17.9 Å². The number of carbonyl (C=O) groups is 1. The van der Waals surface area contributed by atoms with Crippen molar-refractivity contribution in [1.29, 1.82) is 0 Å². The number of aromatic nitrogens is 4. The van der Waals surface area contributed by atoms with E-state index in [9.17, 15) is 13.2 Å². The highest BCUT2D eigenvalue weighted by Crippen LogP contribution is 2.29. The maximum absolute atomic E-state index is 13.1. The van der Waals surface area contributed by atoms with Crippen LogP contribution in [0.1, 0.15) is 22.8 Å². The van der Waals surface area contributed by atoms with E-state index in [1.54, 1.807) is 46.3 Å². The number of nitrogens with zero attached hydrogens (tertiary/aromatic N) is 5.